The van der Waals surface area contributed by atoms with E-state index in [2.05, 4.69) is 23.5 Å². The Kier molecular flexibility index (Phi) is 6.52. The zero-order valence-electron chi connectivity index (χ0n) is 9.70. The molecular formula is C11H21N3S. The van der Waals surface area contributed by atoms with Crippen molar-refractivity contribution in [2.75, 3.05) is 24.6 Å². The van der Waals surface area contributed by atoms with Crippen molar-refractivity contribution in [2.45, 2.75) is 19.8 Å². The number of hydrogen-bond acceptors (Lipinski definition) is 3. The highest BCUT2D eigenvalue weighted by Gasteiger charge is 1.95. The fraction of sp³-hybridized carbons (Fsp3) is 0.727. The van der Waals surface area contributed by atoms with Gasteiger partial charge in [-0.1, -0.05) is 6.92 Å². The Hall–Kier alpha value is -0.480. The molecule has 86 valence electrons. The minimum absolute atomic E-state index is 1.06. The summed E-state index contributed by atoms with van der Waals surface area (Å²) in [4.78, 5) is 0. The molecule has 0 unspecified atom stereocenters. The van der Waals surface area contributed by atoms with E-state index in [1.807, 2.05) is 29.7 Å². The van der Waals surface area contributed by atoms with Crippen LogP contribution in [-0.4, -0.2) is 34.4 Å². The van der Waals surface area contributed by atoms with Gasteiger partial charge in [0.2, 0.25) is 0 Å². The Morgan fingerprint density at radius 2 is 2.33 bits per heavy atom. The first-order chi connectivity index (χ1) is 7.33. The van der Waals surface area contributed by atoms with Crippen LogP contribution in [0.4, 0.5) is 0 Å². The molecule has 15 heavy (non-hydrogen) atoms. The van der Waals surface area contributed by atoms with E-state index in [0.717, 1.165) is 19.5 Å². The van der Waals surface area contributed by atoms with Crippen LogP contribution in [0.3, 0.4) is 0 Å². The lowest BCUT2D eigenvalue weighted by Gasteiger charge is -2.02. The maximum absolute atomic E-state index is 4.14. The molecule has 1 N–H and O–H groups in total. The summed E-state index contributed by atoms with van der Waals surface area (Å²) in [5, 5.41) is 7.59. The van der Waals surface area contributed by atoms with Crippen LogP contribution in [-0.2, 0) is 13.5 Å². The summed E-state index contributed by atoms with van der Waals surface area (Å²) in [6.45, 7) is 4.40. The summed E-state index contributed by atoms with van der Waals surface area (Å²) in [5.74, 6) is 2.51. The molecular weight excluding hydrogens is 206 g/mol. The molecule has 1 aromatic rings. The van der Waals surface area contributed by atoms with Crippen molar-refractivity contribution in [3.05, 3.63) is 18.0 Å². The lowest BCUT2D eigenvalue weighted by Crippen LogP contribution is -2.18. The first-order valence-corrected chi connectivity index (χ1v) is 6.74. The number of rotatable bonds is 8. The van der Waals surface area contributed by atoms with E-state index in [1.54, 1.807) is 0 Å². The molecule has 3 nitrogen and oxygen atoms in total. The third-order valence-electron chi connectivity index (χ3n) is 2.20. The van der Waals surface area contributed by atoms with Gasteiger partial charge in [-0.2, -0.15) is 16.9 Å². The topological polar surface area (TPSA) is 29.9 Å². The van der Waals surface area contributed by atoms with Gasteiger partial charge in [-0.3, -0.25) is 4.68 Å². The van der Waals surface area contributed by atoms with Gasteiger partial charge >= 0.3 is 0 Å². The molecule has 1 rings (SSSR count). The summed E-state index contributed by atoms with van der Waals surface area (Å²) in [5.41, 5.74) is 1.31. The fourth-order valence-electron chi connectivity index (χ4n) is 1.40. The molecule has 0 radical (unpaired) electrons. The van der Waals surface area contributed by atoms with Gasteiger partial charge in [-0.05, 0) is 43.0 Å². The van der Waals surface area contributed by atoms with Gasteiger partial charge in [0, 0.05) is 13.2 Å². The van der Waals surface area contributed by atoms with Crippen molar-refractivity contribution < 1.29 is 0 Å². The summed E-state index contributed by atoms with van der Waals surface area (Å²) >= 11 is 2.01. The molecule has 0 aliphatic carbocycles. The van der Waals surface area contributed by atoms with Gasteiger partial charge < -0.3 is 5.32 Å². The van der Waals surface area contributed by atoms with Crippen molar-refractivity contribution >= 4 is 11.8 Å². The van der Waals surface area contributed by atoms with Crippen LogP contribution in [0.1, 0.15) is 18.9 Å². The van der Waals surface area contributed by atoms with Gasteiger partial charge in [-0.25, -0.2) is 0 Å². The summed E-state index contributed by atoms with van der Waals surface area (Å²) in [6, 6.07) is 0. The standard InChI is InChI=1S/C11H21N3S/c1-3-15-8-4-6-12-7-5-11-9-13-14(2)10-11/h9-10,12H,3-8H2,1-2H3. The van der Waals surface area contributed by atoms with Crippen LogP contribution in [0.25, 0.3) is 0 Å². The van der Waals surface area contributed by atoms with Crippen LogP contribution >= 0.6 is 11.8 Å². The molecule has 0 aromatic carbocycles. The molecule has 0 aliphatic heterocycles. The first-order valence-electron chi connectivity index (χ1n) is 5.59. The minimum Gasteiger partial charge on any atom is -0.316 e. The molecule has 0 saturated heterocycles. The summed E-state index contributed by atoms with van der Waals surface area (Å²) in [7, 11) is 1.96. The van der Waals surface area contributed by atoms with E-state index in [-0.39, 0.29) is 0 Å². The number of thioether (sulfide) groups is 1. The van der Waals surface area contributed by atoms with Crippen molar-refractivity contribution in [1.29, 1.82) is 0 Å². The van der Waals surface area contributed by atoms with Crippen LogP contribution in [0.15, 0.2) is 12.4 Å². The number of aromatic nitrogens is 2. The fourth-order valence-corrected chi connectivity index (χ4v) is 2.04. The van der Waals surface area contributed by atoms with E-state index in [1.165, 1.54) is 23.5 Å². The van der Waals surface area contributed by atoms with Crippen molar-refractivity contribution in [3.63, 3.8) is 0 Å². The molecule has 0 fully saturated rings. The highest BCUT2D eigenvalue weighted by Crippen LogP contribution is 2.00. The van der Waals surface area contributed by atoms with Gasteiger partial charge in [0.1, 0.15) is 0 Å². The monoisotopic (exact) mass is 227 g/mol. The van der Waals surface area contributed by atoms with Gasteiger partial charge in [-0.15, -0.1) is 0 Å². The van der Waals surface area contributed by atoms with Crippen LogP contribution in [0.2, 0.25) is 0 Å². The summed E-state index contributed by atoms with van der Waals surface area (Å²) < 4.78 is 1.85. The Labute approximate surface area is 96.6 Å². The molecule has 0 amide bonds. The average molecular weight is 227 g/mol. The molecule has 1 heterocycles. The Bertz CT molecular complexity index is 260. The molecule has 0 saturated carbocycles. The maximum atomic E-state index is 4.14. The van der Waals surface area contributed by atoms with E-state index in [0.29, 0.717) is 0 Å². The molecule has 1 aromatic heterocycles. The van der Waals surface area contributed by atoms with Crippen LogP contribution in [0, 0.1) is 0 Å². The lowest BCUT2D eigenvalue weighted by atomic mass is 10.2. The van der Waals surface area contributed by atoms with E-state index < -0.39 is 0 Å². The van der Waals surface area contributed by atoms with Gasteiger partial charge in [0.05, 0.1) is 6.20 Å². The van der Waals surface area contributed by atoms with Gasteiger partial charge in [0.15, 0.2) is 0 Å². The van der Waals surface area contributed by atoms with Crippen molar-refractivity contribution in [2.24, 2.45) is 7.05 Å². The predicted octanol–water partition coefficient (Wildman–Crippen LogP) is 1.70. The highest BCUT2D eigenvalue weighted by molar-refractivity contribution is 7.99. The second-order valence-corrected chi connectivity index (χ2v) is 4.97. The number of nitrogens with zero attached hydrogens (tertiary/aromatic N) is 2. The Morgan fingerprint density at radius 1 is 1.47 bits per heavy atom. The molecule has 4 heteroatoms. The zero-order valence-corrected chi connectivity index (χ0v) is 10.5. The second kappa shape index (κ2) is 7.77. The Balaban J connectivity index is 1.93. The SMILES string of the molecule is CCSCCCNCCc1cnn(C)c1. The highest BCUT2D eigenvalue weighted by atomic mass is 32.2. The number of hydrogen-bond donors (Lipinski definition) is 1. The average Bonchev–Trinajstić information content (AvgIpc) is 2.63. The molecule has 0 atom stereocenters. The van der Waals surface area contributed by atoms with Crippen molar-refractivity contribution in [1.82, 2.24) is 15.1 Å². The third-order valence-corrected chi connectivity index (χ3v) is 3.18. The second-order valence-electron chi connectivity index (χ2n) is 3.57. The number of aryl methyl sites for hydroxylation is 1. The smallest absolute Gasteiger partial charge is 0.0522 e. The normalized spacial score (nSPS) is 10.8. The largest absolute Gasteiger partial charge is 0.316 e. The van der Waals surface area contributed by atoms with Crippen LogP contribution < -0.4 is 5.32 Å². The lowest BCUT2D eigenvalue weighted by molar-refractivity contribution is 0.674. The third kappa shape index (κ3) is 5.85. The van der Waals surface area contributed by atoms with Crippen molar-refractivity contribution in [3.8, 4) is 0 Å². The van der Waals surface area contributed by atoms with E-state index in [9.17, 15) is 0 Å². The van der Waals surface area contributed by atoms with Crippen LogP contribution in [0.5, 0.6) is 0 Å². The minimum atomic E-state index is 1.06. The van der Waals surface area contributed by atoms with E-state index >= 15 is 0 Å². The summed E-state index contributed by atoms with van der Waals surface area (Å²) in [6.07, 6.45) is 6.36. The molecule has 0 aliphatic rings. The van der Waals surface area contributed by atoms with E-state index in [4.69, 9.17) is 0 Å². The quantitative estimate of drug-likeness (QED) is 0.686. The first kappa shape index (κ1) is 12.6. The van der Waals surface area contributed by atoms with Gasteiger partial charge in [0.25, 0.3) is 0 Å². The molecule has 0 spiro atoms. The maximum Gasteiger partial charge on any atom is 0.0522 e. The number of nitrogens with one attached hydrogen (secondary N) is 1. The predicted molar refractivity (Wildman–Crippen MR) is 67.4 cm³/mol. The molecule has 0 bridgehead atoms. The zero-order chi connectivity index (χ0) is 10.9. The Morgan fingerprint density at radius 3 is 3.00 bits per heavy atom.